The molecule has 0 bridgehead atoms. The lowest BCUT2D eigenvalue weighted by molar-refractivity contribution is 0.194. The Kier molecular flexibility index (Phi) is 4.10. The third-order valence-corrected chi connectivity index (χ3v) is 3.75. The number of amides is 2. The second kappa shape index (κ2) is 5.61. The van der Waals surface area contributed by atoms with Gasteiger partial charge in [-0.25, -0.2) is 4.79 Å². The van der Waals surface area contributed by atoms with Crippen molar-refractivity contribution >= 4 is 6.03 Å². The molecule has 1 aromatic rings. The summed E-state index contributed by atoms with van der Waals surface area (Å²) in [5.41, 5.74) is 8.20. The lowest BCUT2D eigenvalue weighted by Gasteiger charge is -2.18. The zero-order chi connectivity index (χ0) is 14.0. The van der Waals surface area contributed by atoms with Crippen LogP contribution in [0.5, 0.6) is 0 Å². The van der Waals surface area contributed by atoms with E-state index in [1.807, 2.05) is 23.8 Å². The van der Waals surface area contributed by atoms with Gasteiger partial charge in [0.2, 0.25) is 0 Å². The summed E-state index contributed by atoms with van der Waals surface area (Å²) in [7, 11) is 1.87. The van der Waals surface area contributed by atoms with Gasteiger partial charge in [0.1, 0.15) is 0 Å². The molecule has 1 heterocycles. The number of benzene rings is 1. The lowest BCUT2D eigenvalue weighted by atomic mass is 10.1. The van der Waals surface area contributed by atoms with E-state index < -0.39 is 0 Å². The van der Waals surface area contributed by atoms with Gasteiger partial charge < -0.3 is 15.5 Å². The van der Waals surface area contributed by atoms with E-state index in [2.05, 4.69) is 31.2 Å². The van der Waals surface area contributed by atoms with Crippen molar-refractivity contribution in [3.05, 3.63) is 35.4 Å². The van der Waals surface area contributed by atoms with Crippen LogP contribution >= 0.6 is 0 Å². The molecule has 2 unspecified atom stereocenters. The van der Waals surface area contributed by atoms with Crippen LogP contribution in [0.2, 0.25) is 0 Å². The zero-order valence-corrected chi connectivity index (χ0v) is 12.0. The van der Waals surface area contributed by atoms with Crippen molar-refractivity contribution < 1.29 is 4.79 Å². The summed E-state index contributed by atoms with van der Waals surface area (Å²) in [4.78, 5) is 15.9. The van der Waals surface area contributed by atoms with Crippen molar-refractivity contribution in [3.8, 4) is 0 Å². The SMILES string of the molecule is Cc1ccc(C2CN(CCC(C)N)C(=O)N2C)cc1. The molecule has 1 fully saturated rings. The van der Waals surface area contributed by atoms with E-state index in [1.54, 1.807) is 0 Å². The molecule has 104 valence electrons. The standard InChI is InChI=1S/C15H23N3O/c1-11-4-6-13(7-5-11)14-10-18(9-8-12(2)16)15(19)17(14)3/h4-7,12,14H,8-10,16H2,1-3H3. The summed E-state index contributed by atoms with van der Waals surface area (Å²) in [5, 5.41) is 0. The minimum Gasteiger partial charge on any atom is -0.328 e. The minimum absolute atomic E-state index is 0.103. The lowest BCUT2D eigenvalue weighted by Crippen LogP contribution is -2.32. The van der Waals surface area contributed by atoms with Gasteiger partial charge in [-0.1, -0.05) is 29.8 Å². The first-order chi connectivity index (χ1) is 8.99. The molecule has 0 saturated carbocycles. The third-order valence-electron chi connectivity index (χ3n) is 3.75. The highest BCUT2D eigenvalue weighted by Crippen LogP contribution is 2.28. The topological polar surface area (TPSA) is 49.6 Å². The summed E-state index contributed by atoms with van der Waals surface area (Å²) in [6, 6.07) is 8.80. The van der Waals surface area contributed by atoms with Gasteiger partial charge in [-0.05, 0) is 25.8 Å². The van der Waals surface area contributed by atoms with Crippen molar-refractivity contribution in [3.63, 3.8) is 0 Å². The molecular weight excluding hydrogens is 238 g/mol. The molecule has 0 aliphatic carbocycles. The van der Waals surface area contributed by atoms with E-state index >= 15 is 0 Å². The number of aryl methyl sites for hydroxylation is 1. The van der Waals surface area contributed by atoms with Crippen molar-refractivity contribution in [1.82, 2.24) is 9.80 Å². The highest BCUT2D eigenvalue weighted by Gasteiger charge is 2.34. The summed E-state index contributed by atoms with van der Waals surface area (Å²) in [5.74, 6) is 0. The predicted molar refractivity (Wildman–Crippen MR) is 76.9 cm³/mol. The summed E-state index contributed by atoms with van der Waals surface area (Å²) in [6.07, 6.45) is 0.847. The van der Waals surface area contributed by atoms with Gasteiger partial charge in [0.05, 0.1) is 6.04 Å². The average molecular weight is 261 g/mol. The number of nitrogens with zero attached hydrogens (tertiary/aromatic N) is 2. The van der Waals surface area contributed by atoms with E-state index in [1.165, 1.54) is 11.1 Å². The van der Waals surface area contributed by atoms with E-state index in [0.29, 0.717) is 0 Å². The molecule has 19 heavy (non-hydrogen) atoms. The van der Waals surface area contributed by atoms with E-state index in [0.717, 1.165) is 19.5 Å². The number of carbonyl (C=O) groups is 1. The van der Waals surface area contributed by atoms with Crippen LogP contribution in [0, 0.1) is 6.92 Å². The van der Waals surface area contributed by atoms with Gasteiger partial charge in [-0.15, -0.1) is 0 Å². The zero-order valence-electron chi connectivity index (χ0n) is 12.0. The van der Waals surface area contributed by atoms with E-state index in [-0.39, 0.29) is 18.1 Å². The fourth-order valence-corrected chi connectivity index (χ4v) is 2.43. The number of hydrogen-bond donors (Lipinski definition) is 1. The Morgan fingerprint density at radius 1 is 1.37 bits per heavy atom. The number of carbonyl (C=O) groups excluding carboxylic acids is 1. The summed E-state index contributed by atoms with van der Waals surface area (Å²) >= 11 is 0. The maximum absolute atomic E-state index is 12.2. The number of hydrogen-bond acceptors (Lipinski definition) is 2. The van der Waals surface area contributed by atoms with Gasteiger partial charge >= 0.3 is 6.03 Å². The molecule has 0 spiro atoms. The Labute approximate surface area is 115 Å². The molecule has 1 aromatic carbocycles. The normalized spacial score (nSPS) is 21.1. The molecule has 1 saturated heterocycles. The maximum Gasteiger partial charge on any atom is 0.320 e. The highest BCUT2D eigenvalue weighted by atomic mass is 16.2. The number of urea groups is 1. The van der Waals surface area contributed by atoms with Gasteiger partial charge in [-0.3, -0.25) is 0 Å². The van der Waals surface area contributed by atoms with Crippen LogP contribution in [-0.4, -0.2) is 42.0 Å². The van der Waals surface area contributed by atoms with E-state index in [9.17, 15) is 4.79 Å². The van der Waals surface area contributed by atoms with Crippen LogP contribution in [0.15, 0.2) is 24.3 Å². The van der Waals surface area contributed by atoms with Crippen molar-refractivity contribution in [2.45, 2.75) is 32.4 Å². The van der Waals surface area contributed by atoms with Crippen molar-refractivity contribution in [2.75, 3.05) is 20.1 Å². The highest BCUT2D eigenvalue weighted by molar-refractivity contribution is 5.77. The van der Waals surface area contributed by atoms with Crippen LogP contribution in [0.3, 0.4) is 0 Å². The number of likely N-dealkylation sites (N-methyl/N-ethyl adjacent to an activating group) is 1. The molecule has 0 aromatic heterocycles. The minimum atomic E-state index is 0.103. The van der Waals surface area contributed by atoms with Crippen molar-refractivity contribution in [2.24, 2.45) is 5.73 Å². The summed E-state index contributed by atoms with van der Waals surface area (Å²) < 4.78 is 0. The predicted octanol–water partition coefficient (Wildman–Crippen LogP) is 2.14. The van der Waals surface area contributed by atoms with Gasteiger partial charge in [0, 0.05) is 26.2 Å². The quantitative estimate of drug-likeness (QED) is 0.902. The Hall–Kier alpha value is -1.55. The van der Waals surface area contributed by atoms with Crippen molar-refractivity contribution in [1.29, 1.82) is 0 Å². The van der Waals surface area contributed by atoms with E-state index in [4.69, 9.17) is 5.73 Å². The molecule has 1 aliphatic rings. The third kappa shape index (κ3) is 3.07. The first-order valence-electron chi connectivity index (χ1n) is 6.83. The monoisotopic (exact) mass is 261 g/mol. The molecule has 1 aliphatic heterocycles. The van der Waals surface area contributed by atoms with Gasteiger partial charge in [0.25, 0.3) is 0 Å². The maximum atomic E-state index is 12.2. The summed E-state index contributed by atoms with van der Waals surface area (Å²) in [6.45, 7) is 5.54. The number of rotatable bonds is 4. The largest absolute Gasteiger partial charge is 0.328 e. The molecule has 2 amide bonds. The Bertz CT molecular complexity index is 441. The second-order valence-electron chi connectivity index (χ2n) is 5.53. The fraction of sp³-hybridized carbons (Fsp3) is 0.533. The van der Waals surface area contributed by atoms with Crippen LogP contribution in [-0.2, 0) is 0 Å². The average Bonchev–Trinajstić information content (AvgIpc) is 2.65. The number of nitrogens with two attached hydrogens (primary N) is 1. The molecular formula is C15H23N3O. The first kappa shape index (κ1) is 13.9. The first-order valence-corrected chi connectivity index (χ1v) is 6.83. The van der Waals surface area contributed by atoms with Gasteiger partial charge in [0.15, 0.2) is 0 Å². The molecule has 4 heteroatoms. The molecule has 2 rings (SSSR count). The Morgan fingerprint density at radius 2 is 2.00 bits per heavy atom. The smallest absolute Gasteiger partial charge is 0.320 e. The Balaban J connectivity index is 2.07. The van der Waals surface area contributed by atoms with Crippen LogP contribution < -0.4 is 5.73 Å². The molecule has 2 atom stereocenters. The molecule has 4 nitrogen and oxygen atoms in total. The van der Waals surface area contributed by atoms with Crippen LogP contribution in [0.4, 0.5) is 4.79 Å². The Morgan fingerprint density at radius 3 is 2.58 bits per heavy atom. The second-order valence-corrected chi connectivity index (χ2v) is 5.53. The fourth-order valence-electron chi connectivity index (χ4n) is 2.43. The molecule has 2 N–H and O–H groups in total. The molecule has 0 radical (unpaired) electrons. The van der Waals surface area contributed by atoms with Crippen LogP contribution in [0.1, 0.15) is 30.5 Å². The van der Waals surface area contributed by atoms with Gasteiger partial charge in [-0.2, -0.15) is 0 Å². The van der Waals surface area contributed by atoms with Crippen LogP contribution in [0.25, 0.3) is 0 Å².